The zero-order valence-corrected chi connectivity index (χ0v) is 17.4. The maximum absolute atomic E-state index is 12.5. The average Bonchev–Trinajstić information content (AvgIpc) is 2.94. The molecule has 29 heavy (non-hydrogen) atoms. The Kier molecular flexibility index (Phi) is 6.47. The SMILES string of the molecule is O=C1CCCC(c2ccccc2)=NN1CCN1CCN(c2cccc(Cl)c2)CC1. The summed E-state index contributed by atoms with van der Waals surface area (Å²) in [5.74, 6) is 0.133. The highest BCUT2D eigenvalue weighted by Crippen LogP contribution is 2.21. The number of piperazine rings is 1. The number of carbonyl (C=O) groups is 1. The Bertz CT molecular complexity index is 862. The van der Waals surface area contributed by atoms with Gasteiger partial charge in [0.05, 0.1) is 12.3 Å². The first-order valence-electron chi connectivity index (χ1n) is 10.4. The Morgan fingerprint density at radius 1 is 0.897 bits per heavy atom. The molecule has 0 atom stereocenters. The van der Waals surface area contributed by atoms with E-state index in [0.717, 1.165) is 61.9 Å². The van der Waals surface area contributed by atoms with Gasteiger partial charge in [0.2, 0.25) is 5.91 Å². The Morgan fingerprint density at radius 3 is 2.45 bits per heavy atom. The average molecular weight is 411 g/mol. The molecule has 4 rings (SSSR count). The molecule has 2 aromatic rings. The van der Waals surface area contributed by atoms with Crippen molar-refractivity contribution in [1.82, 2.24) is 9.91 Å². The smallest absolute Gasteiger partial charge is 0.242 e. The third kappa shape index (κ3) is 5.17. The fourth-order valence-electron chi connectivity index (χ4n) is 3.93. The van der Waals surface area contributed by atoms with Crippen molar-refractivity contribution in [3.05, 3.63) is 65.2 Å². The number of hydrogen-bond acceptors (Lipinski definition) is 4. The molecule has 0 bridgehead atoms. The molecule has 0 aromatic heterocycles. The third-order valence-electron chi connectivity index (χ3n) is 5.61. The Labute approximate surface area is 177 Å². The molecule has 0 spiro atoms. The van der Waals surface area contributed by atoms with E-state index >= 15 is 0 Å². The van der Waals surface area contributed by atoms with Gasteiger partial charge in [0, 0.05) is 49.9 Å². The Balaban J connectivity index is 1.34. The van der Waals surface area contributed by atoms with Gasteiger partial charge in [0.25, 0.3) is 0 Å². The van der Waals surface area contributed by atoms with E-state index < -0.39 is 0 Å². The van der Waals surface area contributed by atoms with Crippen LogP contribution in [0.3, 0.4) is 0 Å². The van der Waals surface area contributed by atoms with Gasteiger partial charge in [-0.05, 0) is 36.6 Å². The van der Waals surface area contributed by atoms with Crippen molar-refractivity contribution in [2.45, 2.75) is 19.3 Å². The fraction of sp³-hybridized carbons (Fsp3) is 0.391. The maximum Gasteiger partial charge on any atom is 0.242 e. The number of carbonyl (C=O) groups excluding carboxylic acids is 1. The van der Waals surface area contributed by atoms with Crippen LogP contribution in [-0.2, 0) is 4.79 Å². The van der Waals surface area contributed by atoms with E-state index in [-0.39, 0.29) is 5.91 Å². The summed E-state index contributed by atoms with van der Waals surface area (Å²) in [6, 6.07) is 18.2. The van der Waals surface area contributed by atoms with Gasteiger partial charge in [-0.15, -0.1) is 0 Å². The molecule has 2 aliphatic rings. The number of anilines is 1. The molecular weight excluding hydrogens is 384 g/mol. The molecule has 152 valence electrons. The summed E-state index contributed by atoms with van der Waals surface area (Å²) in [4.78, 5) is 17.3. The van der Waals surface area contributed by atoms with Crippen LogP contribution in [0.1, 0.15) is 24.8 Å². The molecule has 0 N–H and O–H groups in total. The first-order valence-corrected chi connectivity index (χ1v) is 10.7. The lowest BCUT2D eigenvalue weighted by atomic mass is 10.1. The highest BCUT2D eigenvalue weighted by atomic mass is 35.5. The molecule has 2 aromatic carbocycles. The third-order valence-corrected chi connectivity index (χ3v) is 5.85. The first-order chi connectivity index (χ1) is 14.2. The van der Waals surface area contributed by atoms with Crippen LogP contribution in [0.2, 0.25) is 5.02 Å². The lowest BCUT2D eigenvalue weighted by Crippen LogP contribution is -2.48. The minimum atomic E-state index is 0.133. The van der Waals surface area contributed by atoms with Gasteiger partial charge in [-0.1, -0.05) is 48.0 Å². The van der Waals surface area contributed by atoms with Gasteiger partial charge in [-0.25, -0.2) is 5.01 Å². The number of amides is 1. The highest BCUT2D eigenvalue weighted by molar-refractivity contribution is 6.30. The van der Waals surface area contributed by atoms with Gasteiger partial charge < -0.3 is 4.90 Å². The second-order valence-electron chi connectivity index (χ2n) is 7.59. The van der Waals surface area contributed by atoms with E-state index in [0.29, 0.717) is 13.0 Å². The van der Waals surface area contributed by atoms with Crippen LogP contribution >= 0.6 is 11.6 Å². The van der Waals surface area contributed by atoms with E-state index in [4.69, 9.17) is 16.7 Å². The van der Waals surface area contributed by atoms with Crippen molar-refractivity contribution in [1.29, 1.82) is 0 Å². The monoisotopic (exact) mass is 410 g/mol. The zero-order valence-electron chi connectivity index (χ0n) is 16.6. The molecule has 5 nitrogen and oxygen atoms in total. The van der Waals surface area contributed by atoms with Crippen LogP contribution in [0.15, 0.2) is 59.7 Å². The Morgan fingerprint density at radius 2 is 1.69 bits per heavy atom. The van der Waals surface area contributed by atoms with Crippen LogP contribution in [0, 0.1) is 0 Å². The van der Waals surface area contributed by atoms with Gasteiger partial charge in [0.15, 0.2) is 0 Å². The quantitative estimate of drug-likeness (QED) is 0.750. The van der Waals surface area contributed by atoms with Crippen LogP contribution < -0.4 is 4.90 Å². The fourth-order valence-corrected chi connectivity index (χ4v) is 4.12. The summed E-state index contributed by atoms with van der Waals surface area (Å²) < 4.78 is 0. The lowest BCUT2D eigenvalue weighted by Gasteiger charge is -2.36. The van der Waals surface area contributed by atoms with Gasteiger partial charge in [-0.3, -0.25) is 9.69 Å². The van der Waals surface area contributed by atoms with E-state index in [1.54, 1.807) is 5.01 Å². The maximum atomic E-state index is 12.5. The number of nitrogens with zero attached hydrogens (tertiary/aromatic N) is 4. The minimum Gasteiger partial charge on any atom is -0.369 e. The van der Waals surface area contributed by atoms with Crippen LogP contribution in [0.4, 0.5) is 5.69 Å². The first kappa shape index (κ1) is 19.9. The second-order valence-corrected chi connectivity index (χ2v) is 8.03. The van der Waals surface area contributed by atoms with Crippen molar-refractivity contribution in [2.24, 2.45) is 5.10 Å². The number of halogens is 1. The molecular formula is C23H27ClN4O. The molecule has 1 amide bonds. The lowest BCUT2D eigenvalue weighted by molar-refractivity contribution is -0.131. The van der Waals surface area contributed by atoms with Gasteiger partial charge in [-0.2, -0.15) is 5.10 Å². The summed E-state index contributed by atoms with van der Waals surface area (Å²) in [6.45, 7) is 5.38. The topological polar surface area (TPSA) is 39.2 Å². The van der Waals surface area contributed by atoms with Crippen molar-refractivity contribution in [3.63, 3.8) is 0 Å². The summed E-state index contributed by atoms with van der Waals surface area (Å²) >= 11 is 6.12. The van der Waals surface area contributed by atoms with E-state index in [2.05, 4.69) is 28.0 Å². The number of benzene rings is 2. The van der Waals surface area contributed by atoms with Crippen LogP contribution in [0.25, 0.3) is 0 Å². The number of rotatable bonds is 5. The van der Waals surface area contributed by atoms with E-state index in [9.17, 15) is 4.79 Å². The molecule has 6 heteroatoms. The van der Waals surface area contributed by atoms with Crippen molar-refractivity contribution in [2.75, 3.05) is 44.2 Å². The molecule has 0 radical (unpaired) electrons. The minimum absolute atomic E-state index is 0.133. The molecule has 0 saturated carbocycles. The van der Waals surface area contributed by atoms with Crippen molar-refractivity contribution in [3.8, 4) is 0 Å². The van der Waals surface area contributed by atoms with Crippen LogP contribution in [0.5, 0.6) is 0 Å². The predicted molar refractivity (Wildman–Crippen MR) is 119 cm³/mol. The number of hydrazone groups is 1. The van der Waals surface area contributed by atoms with E-state index in [1.165, 1.54) is 5.69 Å². The summed E-state index contributed by atoms with van der Waals surface area (Å²) in [7, 11) is 0. The largest absolute Gasteiger partial charge is 0.369 e. The molecule has 1 fully saturated rings. The van der Waals surface area contributed by atoms with Crippen molar-refractivity contribution >= 4 is 28.9 Å². The summed E-state index contributed by atoms with van der Waals surface area (Å²) in [5, 5.41) is 7.20. The zero-order chi connectivity index (χ0) is 20.1. The highest BCUT2D eigenvalue weighted by Gasteiger charge is 2.22. The normalized spacial score (nSPS) is 18.5. The molecule has 1 saturated heterocycles. The van der Waals surface area contributed by atoms with Gasteiger partial charge >= 0.3 is 0 Å². The summed E-state index contributed by atoms with van der Waals surface area (Å²) in [5.41, 5.74) is 3.31. The van der Waals surface area contributed by atoms with Crippen LogP contribution in [-0.4, -0.2) is 60.8 Å². The molecule has 0 unspecified atom stereocenters. The predicted octanol–water partition coefficient (Wildman–Crippen LogP) is 3.88. The van der Waals surface area contributed by atoms with Gasteiger partial charge in [0.1, 0.15) is 0 Å². The standard InChI is InChI=1S/C23H27ClN4O/c24-20-8-4-9-21(18-20)27-15-12-26(13-16-27)14-17-28-23(29)11-5-10-22(25-28)19-6-2-1-3-7-19/h1-4,6-9,18H,5,10-17H2. The van der Waals surface area contributed by atoms with E-state index in [1.807, 2.05) is 36.4 Å². The second kappa shape index (κ2) is 9.42. The Hall–Kier alpha value is -2.37. The number of hydrogen-bond donors (Lipinski definition) is 0. The summed E-state index contributed by atoms with van der Waals surface area (Å²) in [6.07, 6.45) is 2.29. The molecule has 2 heterocycles. The van der Waals surface area contributed by atoms with Crippen molar-refractivity contribution < 1.29 is 4.79 Å². The molecule has 0 aliphatic carbocycles. The molecule has 2 aliphatic heterocycles.